The van der Waals surface area contributed by atoms with Crippen LogP contribution < -0.4 is 0 Å². The molecule has 2 aromatic carbocycles. The fraction of sp³-hybridized carbons (Fsp3) is 0.235. The van der Waals surface area contributed by atoms with Gasteiger partial charge in [-0.05, 0) is 35.9 Å². The summed E-state index contributed by atoms with van der Waals surface area (Å²) >= 11 is 11.9. The smallest absolute Gasteiger partial charge is 0.253 e. The molecular weight excluding hydrogens is 383 g/mol. The topological polar surface area (TPSA) is 57.7 Å². The maximum Gasteiger partial charge on any atom is 0.253 e. The molecule has 0 spiro atoms. The zero-order valence-corrected chi connectivity index (χ0v) is 16.4. The number of carbonyl (C=O) groups excluding carboxylic acids is 1. The van der Waals surface area contributed by atoms with Gasteiger partial charge in [-0.25, -0.2) is 12.7 Å². The highest BCUT2D eigenvalue weighted by molar-refractivity contribution is 7.89. The Hall–Kier alpha value is -1.60. The number of hydrogen-bond acceptors (Lipinski definition) is 3. The monoisotopic (exact) mass is 400 g/mol. The highest BCUT2D eigenvalue weighted by Crippen LogP contribution is 2.25. The Morgan fingerprint density at radius 3 is 2.16 bits per heavy atom. The molecule has 0 atom stereocenters. The molecule has 25 heavy (non-hydrogen) atoms. The molecule has 0 aliphatic heterocycles. The number of benzene rings is 2. The molecule has 0 radical (unpaired) electrons. The van der Waals surface area contributed by atoms with Crippen LogP contribution in [0.2, 0.25) is 10.0 Å². The van der Waals surface area contributed by atoms with Crippen molar-refractivity contribution in [2.45, 2.75) is 11.4 Å². The van der Waals surface area contributed by atoms with Gasteiger partial charge in [-0.2, -0.15) is 0 Å². The highest BCUT2D eigenvalue weighted by atomic mass is 35.5. The van der Waals surface area contributed by atoms with Gasteiger partial charge in [-0.3, -0.25) is 4.79 Å². The van der Waals surface area contributed by atoms with Crippen LogP contribution in [-0.4, -0.2) is 44.7 Å². The fourth-order valence-electron chi connectivity index (χ4n) is 2.19. The van der Waals surface area contributed by atoms with Crippen molar-refractivity contribution in [1.82, 2.24) is 9.21 Å². The first kappa shape index (κ1) is 19.7. The Balaban J connectivity index is 2.28. The summed E-state index contributed by atoms with van der Waals surface area (Å²) in [7, 11) is 0.727. The number of amides is 1. The minimum Gasteiger partial charge on any atom is -0.337 e. The van der Waals surface area contributed by atoms with Gasteiger partial charge in [0.25, 0.3) is 5.91 Å². The quantitative estimate of drug-likeness (QED) is 0.771. The van der Waals surface area contributed by atoms with Gasteiger partial charge in [0.15, 0.2) is 0 Å². The lowest BCUT2D eigenvalue weighted by Gasteiger charge is -2.19. The van der Waals surface area contributed by atoms with Crippen LogP contribution in [-0.2, 0) is 16.6 Å². The predicted octanol–water partition coefficient (Wildman–Crippen LogP) is 3.52. The Labute approximate surface area is 157 Å². The van der Waals surface area contributed by atoms with Gasteiger partial charge in [-0.1, -0.05) is 35.3 Å². The van der Waals surface area contributed by atoms with Gasteiger partial charge in [0.05, 0.1) is 5.02 Å². The molecule has 5 nitrogen and oxygen atoms in total. The average molecular weight is 401 g/mol. The van der Waals surface area contributed by atoms with Crippen molar-refractivity contribution in [3.05, 3.63) is 63.6 Å². The Morgan fingerprint density at radius 2 is 1.60 bits per heavy atom. The predicted molar refractivity (Wildman–Crippen MR) is 99.6 cm³/mol. The van der Waals surface area contributed by atoms with Crippen molar-refractivity contribution >= 4 is 39.1 Å². The molecular formula is C17H18Cl2N2O3S. The van der Waals surface area contributed by atoms with Crippen LogP contribution in [0.25, 0.3) is 0 Å². The summed E-state index contributed by atoms with van der Waals surface area (Å²) in [4.78, 5) is 14.0. The first-order valence-electron chi connectivity index (χ1n) is 7.35. The zero-order chi connectivity index (χ0) is 18.8. The zero-order valence-electron chi connectivity index (χ0n) is 14.0. The summed E-state index contributed by atoms with van der Waals surface area (Å²) in [6.45, 7) is 0.369. The van der Waals surface area contributed by atoms with Crippen molar-refractivity contribution in [1.29, 1.82) is 0 Å². The van der Waals surface area contributed by atoms with E-state index in [1.54, 1.807) is 19.2 Å². The summed E-state index contributed by atoms with van der Waals surface area (Å²) in [5.41, 5.74) is 1.16. The molecule has 0 fully saturated rings. The van der Waals surface area contributed by atoms with E-state index < -0.39 is 10.0 Å². The van der Waals surface area contributed by atoms with Gasteiger partial charge in [-0.15, -0.1) is 0 Å². The molecule has 0 saturated carbocycles. The van der Waals surface area contributed by atoms with E-state index >= 15 is 0 Å². The molecule has 0 bridgehead atoms. The third-order valence-electron chi connectivity index (χ3n) is 3.62. The largest absolute Gasteiger partial charge is 0.337 e. The SMILES string of the molecule is CN(Cc1ccc(Cl)cc1)C(=O)c1ccc(Cl)c(S(=O)(=O)N(C)C)c1. The van der Waals surface area contributed by atoms with E-state index in [2.05, 4.69) is 0 Å². The minimum atomic E-state index is -3.74. The van der Waals surface area contributed by atoms with Crippen LogP contribution in [0.15, 0.2) is 47.4 Å². The Kier molecular flexibility index (Phi) is 6.11. The van der Waals surface area contributed by atoms with E-state index in [1.807, 2.05) is 12.1 Å². The van der Waals surface area contributed by atoms with E-state index in [0.29, 0.717) is 11.6 Å². The van der Waals surface area contributed by atoms with Gasteiger partial charge in [0.2, 0.25) is 10.0 Å². The van der Waals surface area contributed by atoms with Crippen LogP contribution in [0.1, 0.15) is 15.9 Å². The van der Waals surface area contributed by atoms with Gasteiger partial charge in [0, 0.05) is 38.3 Å². The third-order valence-corrected chi connectivity index (χ3v) is 6.17. The highest BCUT2D eigenvalue weighted by Gasteiger charge is 2.23. The van der Waals surface area contributed by atoms with Crippen LogP contribution in [0.5, 0.6) is 0 Å². The maximum atomic E-state index is 12.6. The molecule has 0 aromatic heterocycles. The molecule has 0 N–H and O–H groups in total. The standard InChI is InChI=1S/C17H18Cl2N2O3S/c1-20(2)25(23,24)16-10-13(6-9-15(16)19)17(22)21(3)11-12-4-7-14(18)8-5-12/h4-10H,11H2,1-3H3. The first-order chi connectivity index (χ1) is 11.6. The lowest BCUT2D eigenvalue weighted by atomic mass is 10.1. The molecule has 134 valence electrons. The van der Waals surface area contributed by atoms with Gasteiger partial charge < -0.3 is 4.90 Å². The number of halogens is 2. The van der Waals surface area contributed by atoms with Crippen LogP contribution in [0.3, 0.4) is 0 Å². The molecule has 0 aliphatic carbocycles. The summed E-state index contributed by atoms with van der Waals surface area (Å²) in [5.74, 6) is -0.304. The number of nitrogens with zero attached hydrogens (tertiary/aromatic N) is 2. The summed E-state index contributed by atoms with van der Waals surface area (Å²) in [6.07, 6.45) is 0. The van der Waals surface area contributed by atoms with Crippen LogP contribution >= 0.6 is 23.2 Å². The van der Waals surface area contributed by atoms with E-state index in [0.717, 1.165) is 9.87 Å². The molecule has 0 heterocycles. The molecule has 1 amide bonds. The van der Waals surface area contributed by atoms with Crippen molar-refractivity contribution in [3.8, 4) is 0 Å². The van der Waals surface area contributed by atoms with Crippen molar-refractivity contribution < 1.29 is 13.2 Å². The van der Waals surface area contributed by atoms with E-state index in [9.17, 15) is 13.2 Å². The van der Waals surface area contributed by atoms with Crippen molar-refractivity contribution in [2.75, 3.05) is 21.1 Å². The Bertz CT molecular complexity index is 881. The number of hydrogen-bond donors (Lipinski definition) is 0. The second-order valence-electron chi connectivity index (χ2n) is 5.72. The number of carbonyl (C=O) groups is 1. The minimum absolute atomic E-state index is 0.0746. The second kappa shape index (κ2) is 7.74. The fourth-order valence-corrected chi connectivity index (χ4v) is 3.71. The van der Waals surface area contributed by atoms with E-state index in [4.69, 9.17) is 23.2 Å². The third kappa shape index (κ3) is 4.52. The Morgan fingerprint density at radius 1 is 1.00 bits per heavy atom. The van der Waals surface area contributed by atoms with Crippen molar-refractivity contribution in [3.63, 3.8) is 0 Å². The normalized spacial score (nSPS) is 11.6. The van der Waals surface area contributed by atoms with E-state index in [-0.39, 0.29) is 21.4 Å². The molecule has 0 unspecified atom stereocenters. The summed E-state index contributed by atoms with van der Waals surface area (Å²) in [6, 6.07) is 11.4. The number of sulfonamides is 1. The first-order valence-corrected chi connectivity index (χ1v) is 9.54. The lowest BCUT2D eigenvalue weighted by molar-refractivity contribution is 0.0785. The van der Waals surface area contributed by atoms with E-state index in [1.165, 1.54) is 37.2 Å². The van der Waals surface area contributed by atoms with Crippen LogP contribution in [0, 0.1) is 0 Å². The lowest BCUT2D eigenvalue weighted by Crippen LogP contribution is -2.27. The molecule has 0 aliphatic rings. The second-order valence-corrected chi connectivity index (χ2v) is 8.68. The van der Waals surface area contributed by atoms with Gasteiger partial charge in [0.1, 0.15) is 4.90 Å². The summed E-state index contributed by atoms with van der Waals surface area (Å²) in [5, 5.41) is 0.694. The molecule has 2 rings (SSSR count). The summed E-state index contributed by atoms with van der Waals surface area (Å²) < 4.78 is 25.7. The average Bonchev–Trinajstić information content (AvgIpc) is 2.56. The number of rotatable bonds is 5. The molecule has 8 heteroatoms. The molecule has 2 aromatic rings. The van der Waals surface area contributed by atoms with Crippen molar-refractivity contribution in [2.24, 2.45) is 0 Å². The van der Waals surface area contributed by atoms with Gasteiger partial charge >= 0.3 is 0 Å². The van der Waals surface area contributed by atoms with Crippen LogP contribution in [0.4, 0.5) is 0 Å². The maximum absolute atomic E-state index is 12.6. The molecule has 0 saturated heterocycles.